The molecular weight excluding hydrogens is 156 g/mol. The van der Waals surface area contributed by atoms with E-state index in [1.54, 1.807) is 4.90 Å². The molecule has 1 amide bonds. The smallest absolute Gasteiger partial charge is 0.225 e. The zero-order valence-corrected chi connectivity index (χ0v) is 7.20. The van der Waals surface area contributed by atoms with E-state index in [0.717, 1.165) is 19.4 Å². The number of amides is 1. The maximum atomic E-state index is 11.1. The van der Waals surface area contributed by atoms with Crippen molar-refractivity contribution in [3.8, 4) is 0 Å². The summed E-state index contributed by atoms with van der Waals surface area (Å²) < 4.78 is 0. The largest absolute Gasteiger partial charge is 0.391 e. The second-order valence-corrected chi connectivity index (χ2v) is 3.19. The average molecular weight is 172 g/mol. The molecule has 1 rings (SSSR count). The molecule has 4 heteroatoms. The lowest BCUT2D eigenvalue weighted by atomic mass is 10.3. The first-order valence-corrected chi connectivity index (χ1v) is 4.40. The van der Waals surface area contributed by atoms with Gasteiger partial charge in [-0.25, -0.2) is 0 Å². The number of nitrogens with two attached hydrogens (primary N) is 1. The van der Waals surface area contributed by atoms with Gasteiger partial charge >= 0.3 is 0 Å². The van der Waals surface area contributed by atoms with Crippen LogP contribution in [0.5, 0.6) is 0 Å². The molecule has 0 aromatic heterocycles. The molecule has 0 aliphatic carbocycles. The first kappa shape index (κ1) is 9.48. The molecule has 0 saturated carbocycles. The van der Waals surface area contributed by atoms with Crippen molar-refractivity contribution < 1.29 is 9.90 Å². The molecule has 1 aliphatic rings. The van der Waals surface area contributed by atoms with Crippen LogP contribution in [0.1, 0.15) is 19.3 Å². The van der Waals surface area contributed by atoms with E-state index in [-0.39, 0.29) is 5.91 Å². The van der Waals surface area contributed by atoms with Crippen molar-refractivity contribution in [2.24, 2.45) is 5.73 Å². The van der Waals surface area contributed by atoms with Crippen LogP contribution in [-0.4, -0.2) is 41.7 Å². The quantitative estimate of drug-likeness (QED) is 0.552. The molecule has 0 aromatic carbocycles. The van der Waals surface area contributed by atoms with Gasteiger partial charge in [-0.1, -0.05) is 0 Å². The van der Waals surface area contributed by atoms with Gasteiger partial charge in [0.25, 0.3) is 0 Å². The van der Waals surface area contributed by atoms with E-state index in [1.165, 1.54) is 0 Å². The van der Waals surface area contributed by atoms with Crippen molar-refractivity contribution in [1.82, 2.24) is 4.90 Å². The van der Waals surface area contributed by atoms with Crippen LogP contribution in [0.4, 0.5) is 0 Å². The second kappa shape index (κ2) is 4.42. The third-order valence-corrected chi connectivity index (χ3v) is 2.08. The molecule has 1 saturated heterocycles. The molecule has 0 radical (unpaired) electrons. The van der Waals surface area contributed by atoms with Crippen molar-refractivity contribution >= 4 is 5.91 Å². The lowest BCUT2D eigenvalue weighted by molar-refractivity contribution is -0.127. The Bertz CT molecular complexity index is 161. The summed E-state index contributed by atoms with van der Waals surface area (Å²) in [6, 6.07) is 0. The first-order chi connectivity index (χ1) is 5.74. The van der Waals surface area contributed by atoms with Crippen LogP contribution in [-0.2, 0) is 4.79 Å². The zero-order valence-electron chi connectivity index (χ0n) is 7.20. The van der Waals surface area contributed by atoms with Crippen LogP contribution in [0.2, 0.25) is 0 Å². The van der Waals surface area contributed by atoms with Gasteiger partial charge in [0.05, 0.1) is 12.5 Å². The standard InChI is InChI=1S/C8H16N2O2/c9-3-1-2-4-10-6-7(11)5-8(10)12/h7,11H,1-6,9H2. The number of rotatable bonds is 4. The highest BCUT2D eigenvalue weighted by molar-refractivity contribution is 5.78. The first-order valence-electron chi connectivity index (χ1n) is 4.40. The fraction of sp³-hybridized carbons (Fsp3) is 0.875. The summed E-state index contributed by atoms with van der Waals surface area (Å²) in [5.74, 6) is 0.0690. The van der Waals surface area contributed by atoms with E-state index in [9.17, 15) is 4.79 Å². The number of aliphatic hydroxyl groups excluding tert-OH is 1. The molecule has 3 N–H and O–H groups in total. The lowest BCUT2D eigenvalue weighted by Gasteiger charge is -2.14. The highest BCUT2D eigenvalue weighted by atomic mass is 16.3. The number of hydrogen-bond acceptors (Lipinski definition) is 3. The molecule has 0 spiro atoms. The number of likely N-dealkylation sites (tertiary alicyclic amines) is 1. The molecule has 1 fully saturated rings. The van der Waals surface area contributed by atoms with Crippen molar-refractivity contribution in [2.45, 2.75) is 25.4 Å². The van der Waals surface area contributed by atoms with Gasteiger partial charge in [0.2, 0.25) is 5.91 Å². The predicted octanol–water partition coefficient (Wildman–Crippen LogP) is -0.681. The van der Waals surface area contributed by atoms with E-state index < -0.39 is 6.10 Å². The monoisotopic (exact) mass is 172 g/mol. The fourth-order valence-corrected chi connectivity index (χ4v) is 1.41. The summed E-state index contributed by atoms with van der Waals surface area (Å²) in [5, 5.41) is 9.14. The van der Waals surface area contributed by atoms with Crippen LogP contribution in [0.15, 0.2) is 0 Å². The number of hydrogen-bond donors (Lipinski definition) is 2. The SMILES string of the molecule is NCCCCN1CC(O)CC1=O. The van der Waals surface area contributed by atoms with Crippen LogP contribution < -0.4 is 5.73 Å². The number of nitrogens with zero attached hydrogens (tertiary/aromatic N) is 1. The van der Waals surface area contributed by atoms with Gasteiger partial charge < -0.3 is 15.7 Å². The number of carbonyl (C=O) groups excluding carboxylic acids is 1. The van der Waals surface area contributed by atoms with Crippen molar-refractivity contribution in [1.29, 1.82) is 0 Å². The minimum Gasteiger partial charge on any atom is -0.391 e. The van der Waals surface area contributed by atoms with Crippen LogP contribution in [0.3, 0.4) is 0 Å². The van der Waals surface area contributed by atoms with Gasteiger partial charge in [0, 0.05) is 13.1 Å². The van der Waals surface area contributed by atoms with Crippen molar-refractivity contribution in [3.63, 3.8) is 0 Å². The molecule has 1 heterocycles. The molecule has 1 aliphatic heterocycles. The van der Waals surface area contributed by atoms with Crippen molar-refractivity contribution in [2.75, 3.05) is 19.6 Å². The highest BCUT2D eigenvalue weighted by Crippen LogP contribution is 2.10. The second-order valence-electron chi connectivity index (χ2n) is 3.19. The van der Waals surface area contributed by atoms with E-state index in [2.05, 4.69) is 0 Å². The predicted molar refractivity (Wildman–Crippen MR) is 45.5 cm³/mol. The average Bonchev–Trinajstić information content (AvgIpc) is 2.31. The molecule has 0 aromatic rings. The summed E-state index contributed by atoms with van der Waals surface area (Å²) in [6.07, 6.45) is 1.73. The van der Waals surface area contributed by atoms with Gasteiger partial charge in [-0.15, -0.1) is 0 Å². The Balaban J connectivity index is 2.19. The Kier molecular flexibility index (Phi) is 3.49. The summed E-state index contributed by atoms with van der Waals surface area (Å²) in [5.41, 5.74) is 5.32. The summed E-state index contributed by atoms with van der Waals surface area (Å²) in [4.78, 5) is 12.8. The third-order valence-electron chi connectivity index (χ3n) is 2.08. The molecule has 0 bridgehead atoms. The minimum atomic E-state index is -0.449. The topological polar surface area (TPSA) is 66.6 Å². The van der Waals surface area contributed by atoms with E-state index in [0.29, 0.717) is 19.5 Å². The van der Waals surface area contributed by atoms with Crippen LogP contribution in [0, 0.1) is 0 Å². The summed E-state index contributed by atoms with van der Waals surface area (Å²) in [7, 11) is 0. The lowest BCUT2D eigenvalue weighted by Crippen LogP contribution is -2.27. The van der Waals surface area contributed by atoms with E-state index >= 15 is 0 Å². The maximum Gasteiger partial charge on any atom is 0.225 e. The van der Waals surface area contributed by atoms with E-state index in [1.807, 2.05) is 0 Å². The number of aliphatic hydroxyl groups is 1. The Labute approximate surface area is 72.3 Å². The summed E-state index contributed by atoms with van der Waals surface area (Å²) >= 11 is 0. The van der Waals surface area contributed by atoms with E-state index in [4.69, 9.17) is 10.8 Å². The fourth-order valence-electron chi connectivity index (χ4n) is 1.41. The van der Waals surface area contributed by atoms with Gasteiger partial charge in [-0.2, -0.15) is 0 Å². The van der Waals surface area contributed by atoms with Gasteiger partial charge in [-0.3, -0.25) is 4.79 Å². The normalized spacial score (nSPS) is 23.7. The molecule has 1 unspecified atom stereocenters. The molecule has 70 valence electrons. The van der Waals surface area contributed by atoms with Crippen LogP contribution in [0.25, 0.3) is 0 Å². The molecule has 1 atom stereocenters. The van der Waals surface area contributed by atoms with Gasteiger partial charge in [0.1, 0.15) is 0 Å². The van der Waals surface area contributed by atoms with Gasteiger partial charge in [-0.05, 0) is 19.4 Å². The number of carbonyl (C=O) groups is 1. The Hall–Kier alpha value is -0.610. The number of β-amino-alcohol motifs (C(OH)–C–C–N with tert-alkyl or cyclic N) is 1. The van der Waals surface area contributed by atoms with Crippen molar-refractivity contribution in [3.05, 3.63) is 0 Å². The van der Waals surface area contributed by atoms with Crippen LogP contribution >= 0.6 is 0 Å². The highest BCUT2D eigenvalue weighted by Gasteiger charge is 2.26. The molecule has 4 nitrogen and oxygen atoms in total. The Morgan fingerprint density at radius 3 is 2.83 bits per heavy atom. The maximum absolute atomic E-state index is 11.1. The van der Waals surface area contributed by atoms with Gasteiger partial charge in [0.15, 0.2) is 0 Å². The third kappa shape index (κ3) is 2.46. The number of unbranched alkanes of at least 4 members (excludes halogenated alkanes) is 1. The Morgan fingerprint density at radius 1 is 1.58 bits per heavy atom. The zero-order chi connectivity index (χ0) is 8.97. The molecular formula is C8H16N2O2. The minimum absolute atomic E-state index is 0.0690. The summed E-state index contributed by atoms with van der Waals surface area (Å²) in [6.45, 7) is 1.92. The Morgan fingerprint density at radius 2 is 2.33 bits per heavy atom. The molecule has 12 heavy (non-hydrogen) atoms.